The van der Waals surface area contributed by atoms with Gasteiger partial charge >= 0.3 is 0 Å². The van der Waals surface area contributed by atoms with E-state index in [-0.39, 0.29) is 12.0 Å². The number of hydrogen-bond acceptors (Lipinski definition) is 4. The molecule has 0 aromatic carbocycles. The third-order valence-corrected chi connectivity index (χ3v) is 4.19. The maximum atomic E-state index is 12.4. The van der Waals surface area contributed by atoms with Crippen LogP contribution < -0.4 is 5.73 Å². The second kappa shape index (κ2) is 7.22. The molecular weight excluding hydrogens is 242 g/mol. The molecule has 2 aliphatic heterocycles. The second-order valence-corrected chi connectivity index (χ2v) is 5.76. The van der Waals surface area contributed by atoms with E-state index < -0.39 is 0 Å². The lowest BCUT2D eigenvalue weighted by atomic mass is 10.2. The van der Waals surface area contributed by atoms with Crippen LogP contribution in [0.1, 0.15) is 32.6 Å². The predicted octanol–water partition coefficient (Wildman–Crippen LogP) is 0.437. The van der Waals surface area contributed by atoms with E-state index in [0.29, 0.717) is 25.7 Å². The average molecular weight is 269 g/mol. The molecule has 2 N–H and O–H groups in total. The van der Waals surface area contributed by atoms with E-state index in [9.17, 15) is 4.79 Å². The summed E-state index contributed by atoms with van der Waals surface area (Å²) in [5, 5.41) is 0. The monoisotopic (exact) mass is 269 g/mol. The molecule has 0 radical (unpaired) electrons. The summed E-state index contributed by atoms with van der Waals surface area (Å²) >= 11 is 0. The molecule has 2 atom stereocenters. The largest absolute Gasteiger partial charge is 0.374 e. The van der Waals surface area contributed by atoms with Gasteiger partial charge in [-0.15, -0.1) is 0 Å². The number of carbonyl (C=O) groups excluding carboxylic acids is 1. The molecule has 2 heterocycles. The van der Waals surface area contributed by atoms with E-state index >= 15 is 0 Å². The fraction of sp³-hybridized carbons (Fsp3) is 0.929. The molecular formula is C14H27N3O2. The first-order chi connectivity index (χ1) is 9.20. The van der Waals surface area contributed by atoms with Crippen LogP contribution in [0.2, 0.25) is 0 Å². The summed E-state index contributed by atoms with van der Waals surface area (Å²) in [6, 6.07) is 0.304. The van der Waals surface area contributed by atoms with Gasteiger partial charge in [0.05, 0.1) is 19.3 Å². The van der Waals surface area contributed by atoms with Crippen LogP contribution in [0, 0.1) is 0 Å². The van der Waals surface area contributed by atoms with Crippen molar-refractivity contribution in [3.05, 3.63) is 0 Å². The van der Waals surface area contributed by atoms with Crippen molar-refractivity contribution in [3.8, 4) is 0 Å². The van der Waals surface area contributed by atoms with Gasteiger partial charge in [-0.2, -0.15) is 0 Å². The normalized spacial score (nSPS) is 30.1. The van der Waals surface area contributed by atoms with Crippen molar-refractivity contribution in [2.24, 2.45) is 5.73 Å². The Hall–Kier alpha value is -0.650. The molecule has 0 spiro atoms. The molecule has 2 saturated heterocycles. The van der Waals surface area contributed by atoms with Crippen molar-refractivity contribution < 1.29 is 9.53 Å². The van der Waals surface area contributed by atoms with E-state index in [4.69, 9.17) is 10.5 Å². The second-order valence-electron chi connectivity index (χ2n) is 5.76. The topological polar surface area (TPSA) is 58.8 Å². The van der Waals surface area contributed by atoms with Crippen LogP contribution >= 0.6 is 0 Å². The molecule has 2 rings (SSSR count). The molecule has 19 heavy (non-hydrogen) atoms. The number of hydrogen-bond donors (Lipinski definition) is 1. The van der Waals surface area contributed by atoms with Gasteiger partial charge in [-0.05, 0) is 19.8 Å². The maximum absolute atomic E-state index is 12.4. The Bertz CT molecular complexity index is 290. The van der Waals surface area contributed by atoms with E-state index in [0.717, 1.165) is 32.5 Å². The number of ether oxygens (including phenoxy) is 1. The van der Waals surface area contributed by atoms with Gasteiger partial charge < -0.3 is 15.4 Å². The van der Waals surface area contributed by atoms with Crippen LogP contribution in [0.15, 0.2) is 0 Å². The van der Waals surface area contributed by atoms with Crippen LogP contribution in [0.25, 0.3) is 0 Å². The van der Waals surface area contributed by atoms with Gasteiger partial charge in [0.1, 0.15) is 0 Å². The number of amides is 1. The smallest absolute Gasteiger partial charge is 0.236 e. The number of nitrogens with zero attached hydrogens (tertiary/aromatic N) is 2. The van der Waals surface area contributed by atoms with E-state index in [1.165, 1.54) is 12.8 Å². The Morgan fingerprint density at radius 2 is 1.95 bits per heavy atom. The van der Waals surface area contributed by atoms with Gasteiger partial charge in [0, 0.05) is 32.2 Å². The van der Waals surface area contributed by atoms with Crippen LogP contribution in [-0.4, -0.2) is 67.2 Å². The Labute approximate surface area is 116 Å². The van der Waals surface area contributed by atoms with Gasteiger partial charge in [-0.3, -0.25) is 9.69 Å². The van der Waals surface area contributed by atoms with Crippen molar-refractivity contribution in [1.82, 2.24) is 9.80 Å². The lowest BCUT2D eigenvalue weighted by molar-refractivity contribution is -0.136. The number of rotatable bonds is 3. The summed E-state index contributed by atoms with van der Waals surface area (Å²) in [7, 11) is 0. The summed E-state index contributed by atoms with van der Waals surface area (Å²) in [6.07, 6.45) is 4.89. The lowest BCUT2D eigenvalue weighted by Crippen LogP contribution is -2.53. The highest BCUT2D eigenvalue weighted by molar-refractivity contribution is 5.78. The molecule has 0 saturated carbocycles. The minimum atomic E-state index is 0.0770. The maximum Gasteiger partial charge on any atom is 0.236 e. The van der Waals surface area contributed by atoms with Gasteiger partial charge in [0.25, 0.3) is 0 Å². The third-order valence-electron chi connectivity index (χ3n) is 4.19. The molecule has 110 valence electrons. The molecule has 2 aliphatic rings. The molecule has 0 aromatic heterocycles. The summed E-state index contributed by atoms with van der Waals surface area (Å²) in [5.74, 6) is 0.270. The molecule has 2 unspecified atom stereocenters. The first kappa shape index (κ1) is 14.8. The average Bonchev–Trinajstić information content (AvgIpc) is 2.70. The SMILES string of the molecule is CC1COC(CN)CN1CC(=O)N1CCCCCC1. The Kier molecular flexibility index (Phi) is 5.60. The first-order valence-corrected chi connectivity index (χ1v) is 7.54. The molecule has 0 aliphatic carbocycles. The van der Waals surface area contributed by atoms with Crippen LogP contribution in [0.5, 0.6) is 0 Å². The highest BCUT2D eigenvalue weighted by atomic mass is 16.5. The third kappa shape index (κ3) is 4.16. The molecule has 0 bridgehead atoms. The zero-order chi connectivity index (χ0) is 13.7. The Morgan fingerprint density at radius 1 is 1.26 bits per heavy atom. The quantitative estimate of drug-likeness (QED) is 0.807. The highest BCUT2D eigenvalue weighted by Crippen LogP contribution is 2.13. The minimum Gasteiger partial charge on any atom is -0.374 e. The van der Waals surface area contributed by atoms with E-state index in [1.54, 1.807) is 0 Å². The summed E-state index contributed by atoms with van der Waals surface area (Å²) in [5.41, 5.74) is 5.66. The van der Waals surface area contributed by atoms with Crippen LogP contribution in [0.3, 0.4) is 0 Å². The van der Waals surface area contributed by atoms with Crippen molar-refractivity contribution in [2.75, 3.05) is 39.3 Å². The Balaban J connectivity index is 1.85. The number of likely N-dealkylation sites (tertiary alicyclic amines) is 1. The van der Waals surface area contributed by atoms with Crippen molar-refractivity contribution >= 4 is 5.91 Å². The minimum absolute atomic E-state index is 0.0770. The Morgan fingerprint density at radius 3 is 2.58 bits per heavy atom. The highest BCUT2D eigenvalue weighted by Gasteiger charge is 2.28. The standard InChI is InChI=1S/C14H27N3O2/c1-12-11-19-13(8-15)9-17(12)10-14(18)16-6-4-2-3-5-7-16/h12-13H,2-11,15H2,1H3. The van der Waals surface area contributed by atoms with Crippen LogP contribution in [-0.2, 0) is 9.53 Å². The van der Waals surface area contributed by atoms with E-state index in [1.807, 2.05) is 4.90 Å². The van der Waals surface area contributed by atoms with Crippen LogP contribution in [0.4, 0.5) is 0 Å². The van der Waals surface area contributed by atoms with Crippen molar-refractivity contribution in [1.29, 1.82) is 0 Å². The van der Waals surface area contributed by atoms with Crippen molar-refractivity contribution in [3.63, 3.8) is 0 Å². The number of nitrogens with two attached hydrogens (primary N) is 1. The molecule has 5 heteroatoms. The van der Waals surface area contributed by atoms with Crippen molar-refractivity contribution in [2.45, 2.75) is 44.8 Å². The number of carbonyl (C=O) groups is 1. The first-order valence-electron chi connectivity index (χ1n) is 7.54. The lowest BCUT2D eigenvalue weighted by Gasteiger charge is -2.38. The van der Waals surface area contributed by atoms with Gasteiger partial charge in [0.15, 0.2) is 0 Å². The fourth-order valence-electron chi connectivity index (χ4n) is 2.83. The molecule has 5 nitrogen and oxygen atoms in total. The molecule has 1 amide bonds. The van der Waals surface area contributed by atoms with Gasteiger partial charge in [0.2, 0.25) is 5.91 Å². The predicted molar refractivity (Wildman–Crippen MR) is 74.9 cm³/mol. The zero-order valence-electron chi connectivity index (χ0n) is 12.0. The molecule has 2 fully saturated rings. The fourth-order valence-corrected chi connectivity index (χ4v) is 2.83. The van der Waals surface area contributed by atoms with E-state index in [2.05, 4.69) is 11.8 Å². The van der Waals surface area contributed by atoms with Gasteiger partial charge in [-0.25, -0.2) is 0 Å². The zero-order valence-corrected chi connectivity index (χ0v) is 12.0. The van der Waals surface area contributed by atoms with Gasteiger partial charge in [-0.1, -0.05) is 12.8 Å². The summed E-state index contributed by atoms with van der Waals surface area (Å²) in [6.45, 7) is 6.47. The molecule has 0 aromatic rings. The summed E-state index contributed by atoms with van der Waals surface area (Å²) < 4.78 is 5.63. The number of morpholine rings is 1. The summed E-state index contributed by atoms with van der Waals surface area (Å²) in [4.78, 5) is 16.6.